The summed E-state index contributed by atoms with van der Waals surface area (Å²) in [5.74, 6) is -0.563. The Labute approximate surface area is 270 Å². The quantitative estimate of drug-likeness (QED) is 0.0857. The molecule has 4 aromatic rings. The van der Waals surface area contributed by atoms with E-state index in [1.807, 2.05) is 24.3 Å². The summed E-state index contributed by atoms with van der Waals surface area (Å²) in [7, 11) is -3.59. The number of H-pyrrole nitrogens is 1. The first-order valence-electron chi connectivity index (χ1n) is 16.0. The second-order valence-corrected chi connectivity index (χ2v) is 13.8. The Bertz CT molecular complexity index is 1780. The van der Waals surface area contributed by atoms with E-state index in [1.54, 1.807) is 23.7 Å². The zero-order valence-corrected chi connectivity index (χ0v) is 26.7. The van der Waals surface area contributed by atoms with Crippen LogP contribution < -0.4 is 15.5 Å². The number of aryl methyl sites for hydroxylation is 1. The largest absolute Gasteiger partial charge is 0.361 e. The number of hydroxylamine groups is 1. The van der Waals surface area contributed by atoms with Crippen molar-refractivity contribution < 1.29 is 18.4 Å². The van der Waals surface area contributed by atoms with Crippen molar-refractivity contribution in [2.75, 3.05) is 45.8 Å². The van der Waals surface area contributed by atoms with Crippen LogP contribution in [0.5, 0.6) is 0 Å². The average molecular weight is 643 g/mol. The van der Waals surface area contributed by atoms with Gasteiger partial charge in [0.05, 0.1) is 4.90 Å². The molecule has 5 N–H and O–H groups in total. The number of amides is 1. The molecule has 1 saturated heterocycles. The molecule has 1 aliphatic carbocycles. The third-order valence-corrected chi connectivity index (χ3v) is 10.6. The van der Waals surface area contributed by atoms with E-state index in [0.717, 1.165) is 68.6 Å². The van der Waals surface area contributed by atoms with Crippen molar-refractivity contribution in [3.05, 3.63) is 107 Å². The predicted molar refractivity (Wildman–Crippen MR) is 180 cm³/mol. The molecule has 2 aliphatic rings. The number of aromatic nitrogens is 1. The van der Waals surface area contributed by atoms with Crippen molar-refractivity contribution in [2.24, 2.45) is 0 Å². The number of piperazine rings is 1. The summed E-state index contributed by atoms with van der Waals surface area (Å²) in [5, 5.41) is 13.4. The van der Waals surface area contributed by atoms with Crippen LogP contribution in [0.1, 0.15) is 40.3 Å². The SMILES string of the molecule is O=C(C=Cc1ccc2c(c1)CCC2N(CCc1c[nH]c2ccccc12)Cc1ccc(S(=O)(=O)NCCN2CCNCC2)cc1)NO. The number of carbonyl (C=O) groups excluding carboxylic acids is 1. The first-order chi connectivity index (χ1) is 22.4. The van der Waals surface area contributed by atoms with Gasteiger partial charge >= 0.3 is 0 Å². The van der Waals surface area contributed by atoms with Crippen molar-refractivity contribution in [1.29, 1.82) is 0 Å². The van der Waals surface area contributed by atoms with Crippen LogP contribution in [0, 0.1) is 0 Å². The molecule has 0 radical (unpaired) electrons. The third kappa shape index (κ3) is 7.75. The van der Waals surface area contributed by atoms with Crippen molar-refractivity contribution in [1.82, 2.24) is 30.3 Å². The van der Waals surface area contributed by atoms with Gasteiger partial charge in [0.15, 0.2) is 0 Å². The number of para-hydroxylation sites is 1. The summed E-state index contributed by atoms with van der Waals surface area (Å²) in [6.07, 6.45) is 7.88. The van der Waals surface area contributed by atoms with Gasteiger partial charge in [-0.25, -0.2) is 18.6 Å². The molecule has 1 aliphatic heterocycles. The number of carbonyl (C=O) groups is 1. The van der Waals surface area contributed by atoms with Crippen LogP contribution in [0.25, 0.3) is 17.0 Å². The molecule has 242 valence electrons. The lowest BCUT2D eigenvalue weighted by Crippen LogP contribution is -2.46. The van der Waals surface area contributed by atoms with Gasteiger partial charge in [-0.1, -0.05) is 48.5 Å². The second-order valence-electron chi connectivity index (χ2n) is 12.0. The number of hydrogen-bond donors (Lipinski definition) is 5. The molecule has 6 rings (SSSR count). The lowest BCUT2D eigenvalue weighted by atomic mass is 10.0. The van der Waals surface area contributed by atoms with Crippen molar-refractivity contribution in [3.63, 3.8) is 0 Å². The topological polar surface area (TPSA) is 130 Å². The lowest BCUT2D eigenvalue weighted by molar-refractivity contribution is -0.124. The Morgan fingerprint density at radius 3 is 2.67 bits per heavy atom. The van der Waals surface area contributed by atoms with Gasteiger partial charge in [-0.15, -0.1) is 0 Å². The highest BCUT2D eigenvalue weighted by Crippen LogP contribution is 2.37. The van der Waals surface area contributed by atoms with E-state index >= 15 is 0 Å². The van der Waals surface area contributed by atoms with E-state index < -0.39 is 15.9 Å². The van der Waals surface area contributed by atoms with E-state index in [9.17, 15) is 13.2 Å². The smallest absolute Gasteiger partial charge is 0.267 e. The maximum Gasteiger partial charge on any atom is 0.267 e. The molecule has 1 aromatic heterocycles. The molecule has 2 heterocycles. The highest BCUT2D eigenvalue weighted by atomic mass is 32.2. The Morgan fingerprint density at radius 1 is 1.07 bits per heavy atom. The van der Waals surface area contributed by atoms with Gasteiger partial charge in [0.25, 0.3) is 5.91 Å². The minimum absolute atomic E-state index is 0.203. The Balaban J connectivity index is 1.17. The van der Waals surface area contributed by atoms with E-state index in [2.05, 4.69) is 61.4 Å². The maximum atomic E-state index is 13.0. The minimum Gasteiger partial charge on any atom is -0.361 e. The van der Waals surface area contributed by atoms with Crippen LogP contribution in [0.15, 0.2) is 83.9 Å². The number of benzene rings is 3. The molecule has 0 saturated carbocycles. The van der Waals surface area contributed by atoms with Gasteiger partial charge < -0.3 is 10.3 Å². The van der Waals surface area contributed by atoms with Gasteiger partial charge in [-0.3, -0.25) is 19.8 Å². The monoisotopic (exact) mass is 642 g/mol. The van der Waals surface area contributed by atoms with Crippen LogP contribution in [0.3, 0.4) is 0 Å². The number of aromatic amines is 1. The minimum atomic E-state index is -3.59. The molecule has 46 heavy (non-hydrogen) atoms. The highest BCUT2D eigenvalue weighted by Gasteiger charge is 2.28. The predicted octanol–water partition coefficient (Wildman–Crippen LogP) is 3.60. The highest BCUT2D eigenvalue weighted by molar-refractivity contribution is 7.89. The first-order valence-corrected chi connectivity index (χ1v) is 17.4. The van der Waals surface area contributed by atoms with Gasteiger partial charge in [0.1, 0.15) is 0 Å². The fourth-order valence-electron chi connectivity index (χ4n) is 6.62. The number of nitrogens with one attached hydrogen (secondary N) is 4. The second kappa shape index (κ2) is 14.7. The van der Waals surface area contributed by atoms with E-state index in [-0.39, 0.29) is 10.9 Å². The van der Waals surface area contributed by atoms with Crippen molar-refractivity contribution >= 4 is 32.9 Å². The summed E-state index contributed by atoms with van der Waals surface area (Å²) < 4.78 is 28.8. The van der Waals surface area contributed by atoms with Crippen LogP contribution in [0.4, 0.5) is 0 Å². The van der Waals surface area contributed by atoms with Crippen LogP contribution in [-0.4, -0.2) is 80.1 Å². The van der Waals surface area contributed by atoms with Gasteiger partial charge in [0, 0.05) is 81.6 Å². The summed E-state index contributed by atoms with van der Waals surface area (Å²) in [6, 6.07) is 22.1. The van der Waals surface area contributed by atoms with E-state index in [4.69, 9.17) is 5.21 Å². The van der Waals surface area contributed by atoms with E-state index in [1.165, 1.54) is 28.2 Å². The molecule has 1 unspecified atom stereocenters. The van der Waals surface area contributed by atoms with Gasteiger partial charge in [-0.2, -0.15) is 0 Å². The van der Waals surface area contributed by atoms with Crippen LogP contribution >= 0.6 is 0 Å². The molecule has 0 spiro atoms. The number of sulfonamides is 1. The normalized spacial score (nSPS) is 17.2. The average Bonchev–Trinajstić information content (AvgIpc) is 3.70. The van der Waals surface area contributed by atoms with Crippen molar-refractivity contribution in [3.8, 4) is 0 Å². The number of nitrogens with zero attached hydrogens (tertiary/aromatic N) is 2. The molecule has 11 heteroatoms. The third-order valence-electron chi connectivity index (χ3n) is 9.08. The standard InChI is InChI=1S/C35H42N6O4S/c42-35(39-43)14-8-26-7-12-32-28(23-26)9-13-34(32)41(19-15-29-24-37-33-4-2-1-3-31(29)33)25-27-5-10-30(11-6-27)46(44,45)38-18-22-40-20-16-36-17-21-40/h1-8,10-12,14,23-24,34,36-38,43H,9,13,15-22,25H2,(H,39,42). The van der Waals surface area contributed by atoms with E-state index in [0.29, 0.717) is 19.6 Å². The molecular formula is C35H42N6O4S. The summed E-state index contributed by atoms with van der Waals surface area (Å²) in [6.45, 7) is 6.33. The molecule has 0 bridgehead atoms. The van der Waals surface area contributed by atoms with Gasteiger partial charge in [-0.05, 0) is 71.4 Å². The fourth-order valence-corrected chi connectivity index (χ4v) is 7.64. The lowest BCUT2D eigenvalue weighted by Gasteiger charge is -2.30. The van der Waals surface area contributed by atoms with Crippen molar-refractivity contribution in [2.45, 2.75) is 36.7 Å². The Kier molecular flexibility index (Phi) is 10.3. The molecule has 10 nitrogen and oxygen atoms in total. The number of fused-ring (bicyclic) bond motifs is 2. The Hall–Kier alpha value is -3.84. The zero-order valence-electron chi connectivity index (χ0n) is 25.9. The summed E-state index contributed by atoms with van der Waals surface area (Å²) in [5.41, 5.74) is 8.52. The Morgan fingerprint density at radius 2 is 1.87 bits per heavy atom. The summed E-state index contributed by atoms with van der Waals surface area (Å²) in [4.78, 5) is 19.9. The van der Waals surface area contributed by atoms with Crippen LogP contribution in [0.2, 0.25) is 0 Å². The molecule has 1 atom stereocenters. The molecule has 3 aromatic carbocycles. The molecule has 1 amide bonds. The molecular weight excluding hydrogens is 600 g/mol. The number of hydrogen-bond acceptors (Lipinski definition) is 7. The first kappa shape index (κ1) is 32.1. The maximum absolute atomic E-state index is 13.0. The summed E-state index contributed by atoms with van der Waals surface area (Å²) >= 11 is 0. The molecule has 1 fully saturated rings. The van der Waals surface area contributed by atoms with Gasteiger partial charge in [0.2, 0.25) is 10.0 Å². The van der Waals surface area contributed by atoms with Crippen LogP contribution in [-0.2, 0) is 34.2 Å². The number of rotatable bonds is 13. The zero-order chi connectivity index (χ0) is 31.9. The fraction of sp³-hybridized carbons (Fsp3) is 0.343.